The van der Waals surface area contributed by atoms with Crippen LogP contribution in [0.15, 0.2) is 108 Å². The molecule has 4 aromatic carbocycles. The van der Waals surface area contributed by atoms with E-state index in [0.29, 0.717) is 33.7 Å². The smallest absolute Gasteiger partial charge is 0.264 e. The third-order valence-corrected chi connectivity index (χ3v) is 9.30. The van der Waals surface area contributed by atoms with Gasteiger partial charge in [0.05, 0.1) is 10.6 Å². The Morgan fingerprint density at radius 2 is 1.42 bits per heavy atom. The maximum Gasteiger partial charge on any atom is 0.264 e. The van der Waals surface area contributed by atoms with Gasteiger partial charge in [-0.3, -0.25) is 13.9 Å². The summed E-state index contributed by atoms with van der Waals surface area (Å²) in [6.45, 7) is 5.31. The lowest BCUT2D eigenvalue weighted by Gasteiger charge is -2.32. The molecular formula is C34H35Cl2N3O5S. The molecule has 0 aliphatic carbocycles. The first kappa shape index (κ1) is 33.8. The number of ether oxygens (including phenoxy) is 1. The maximum absolute atomic E-state index is 14.1. The molecule has 236 valence electrons. The molecule has 1 atom stereocenters. The number of sulfonamides is 1. The second-order valence-electron chi connectivity index (χ2n) is 10.8. The Kier molecular flexibility index (Phi) is 11.5. The van der Waals surface area contributed by atoms with Gasteiger partial charge in [-0.1, -0.05) is 79.5 Å². The largest absolute Gasteiger partial charge is 0.457 e. The van der Waals surface area contributed by atoms with Crippen molar-refractivity contribution in [1.82, 2.24) is 10.2 Å². The van der Waals surface area contributed by atoms with Gasteiger partial charge in [0.1, 0.15) is 24.1 Å². The Bertz CT molecular complexity index is 1700. The summed E-state index contributed by atoms with van der Waals surface area (Å²) >= 11 is 12.5. The summed E-state index contributed by atoms with van der Waals surface area (Å²) < 4.78 is 34.9. The topological polar surface area (TPSA) is 96.0 Å². The van der Waals surface area contributed by atoms with Gasteiger partial charge in [-0.05, 0) is 79.1 Å². The summed E-state index contributed by atoms with van der Waals surface area (Å²) in [5.41, 5.74) is 0.798. The molecule has 0 spiro atoms. The number of carbonyl (C=O) groups is 2. The van der Waals surface area contributed by atoms with E-state index in [-0.39, 0.29) is 29.0 Å². The molecule has 0 unspecified atom stereocenters. The lowest BCUT2D eigenvalue weighted by Crippen LogP contribution is -2.51. The summed E-state index contributed by atoms with van der Waals surface area (Å²) in [4.78, 5) is 28.6. The van der Waals surface area contributed by atoms with Crippen LogP contribution >= 0.6 is 23.2 Å². The number of hydrogen-bond donors (Lipinski definition) is 1. The predicted molar refractivity (Wildman–Crippen MR) is 178 cm³/mol. The normalized spacial score (nSPS) is 12.0. The first-order valence-corrected chi connectivity index (χ1v) is 16.6. The van der Waals surface area contributed by atoms with Gasteiger partial charge in [0.15, 0.2) is 0 Å². The van der Waals surface area contributed by atoms with Gasteiger partial charge in [0, 0.05) is 23.1 Å². The molecule has 4 aromatic rings. The van der Waals surface area contributed by atoms with Crippen molar-refractivity contribution in [3.8, 4) is 11.5 Å². The molecule has 0 radical (unpaired) electrons. The highest BCUT2D eigenvalue weighted by molar-refractivity contribution is 7.92. The van der Waals surface area contributed by atoms with Crippen molar-refractivity contribution in [3.05, 3.63) is 119 Å². The second kappa shape index (κ2) is 15.3. The summed E-state index contributed by atoms with van der Waals surface area (Å²) in [6.07, 6.45) is 0. The molecule has 0 bridgehead atoms. The highest BCUT2D eigenvalue weighted by atomic mass is 35.5. The van der Waals surface area contributed by atoms with E-state index in [1.807, 2.05) is 32.0 Å². The average molecular weight is 669 g/mol. The minimum atomic E-state index is -4.21. The van der Waals surface area contributed by atoms with Crippen molar-refractivity contribution < 1.29 is 22.7 Å². The van der Waals surface area contributed by atoms with Gasteiger partial charge in [0.25, 0.3) is 10.0 Å². The zero-order chi connectivity index (χ0) is 32.6. The Morgan fingerprint density at radius 1 is 0.822 bits per heavy atom. The summed E-state index contributed by atoms with van der Waals surface area (Å²) in [6, 6.07) is 27.4. The molecule has 0 aliphatic heterocycles. The van der Waals surface area contributed by atoms with Crippen LogP contribution in [0.25, 0.3) is 0 Å². The van der Waals surface area contributed by atoms with Crippen LogP contribution in [-0.4, -0.2) is 44.3 Å². The quantitative estimate of drug-likeness (QED) is 0.163. The second-order valence-corrected chi connectivity index (χ2v) is 13.5. The Hall–Kier alpha value is -4.05. The molecule has 45 heavy (non-hydrogen) atoms. The monoisotopic (exact) mass is 667 g/mol. The molecule has 0 heterocycles. The van der Waals surface area contributed by atoms with Crippen LogP contribution < -0.4 is 14.4 Å². The molecule has 1 N–H and O–H groups in total. The highest BCUT2D eigenvalue weighted by Crippen LogP contribution is 2.29. The first-order valence-electron chi connectivity index (χ1n) is 14.4. The van der Waals surface area contributed by atoms with Gasteiger partial charge >= 0.3 is 0 Å². The van der Waals surface area contributed by atoms with Gasteiger partial charge in [-0.25, -0.2) is 8.42 Å². The van der Waals surface area contributed by atoms with Crippen molar-refractivity contribution >= 4 is 50.7 Å². The molecule has 2 amide bonds. The molecule has 4 rings (SSSR count). The maximum atomic E-state index is 14.1. The SMILES string of the molecule is CC(C)CNC(=O)[C@H](C)N(Cc1ccc(Cl)cc1Cl)C(=O)CN(c1ccc(Oc2ccccc2)cc1)S(=O)(=O)c1ccccc1. The number of anilines is 1. The Morgan fingerprint density at radius 3 is 2.02 bits per heavy atom. The van der Waals surface area contributed by atoms with E-state index in [0.717, 1.165) is 4.31 Å². The molecular weight excluding hydrogens is 633 g/mol. The van der Waals surface area contributed by atoms with Crippen molar-refractivity contribution in [1.29, 1.82) is 0 Å². The Labute approximate surface area is 274 Å². The minimum Gasteiger partial charge on any atom is -0.457 e. The number of nitrogens with zero attached hydrogens (tertiary/aromatic N) is 2. The predicted octanol–water partition coefficient (Wildman–Crippen LogP) is 7.17. The lowest BCUT2D eigenvalue weighted by atomic mass is 10.1. The Balaban J connectivity index is 1.70. The van der Waals surface area contributed by atoms with Gasteiger partial charge in [0.2, 0.25) is 11.8 Å². The standard InChI is InChI=1S/C34H35Cl2N3O5S/c1-24(2)21-37-34(41)25(3)38(22-26-14-15-27(35)20-32(26)36)33(40)23-39(45(42,43)31-12-8-5-9-13-31)28-16-18-30(19-17-28)44-29-10-6-4-7-11-29/h4-20,24-25H,21-23H2,1-3H3,(H,37,41)/t25-/m0/s1. The molecule has 0 aliphatic rings. The number of halogens is 2. The number of hydrogen-bond acceptors (Lipinski definition) is 5. The number of carbonyl (C=O) groups excluding carboxylic acids is 2. The average Bonchev–Trinajstić information content (AvgIpc) is 3.03. The van der Waals surface area contributed by atoms with E-state index in [4.69, 9.17) is 27.9 Å². The van der Waals surface area contributed by atoms with E-state index in [9.17, 15) is 18.0 Å². The van der Waals surface area contributed by atoms with Crippen LogP contribution in [0.3, 0.4) is 0 Å². The fraction of sp³-hybridized carbons (Fsp3) is 0.235. The number of benzene rings is 4. The molecule has 0 saturated carbocycles. The van der Waals surface area contributed by atoms with E-state index < -0.39 is 28.5 Å². The van der Waals surface area contributed by atoms with E-state index in [1.165, 1.54) is 17.0 Å². The fourth-order valence-corrected chi connectivity index (χ4v) is 6.33. The molecule has 11 heteroatoms. The fourth-order valence-electron chi connectivity index (χ4n) is 4.42. The van der Waals surface area contributed by atoms with E-state index >= 15 is 0 Å². The summed E-state index contributed by atoms with van der Waals surface area (Å²) in [7, 11) is -4.21. The van der Waals surface area contributed by atoms with Crippen LogP contribution in [0.1, 0.15) is 26.3 Å². The van der Waals surface area contributed by atoms with Crippen LogP contribution in [0.2, 0.25) is 10.0 Å². The number of para-hydroxylation sites is 1. The van der Waals surface area contributed by atoms with Crippen molar-refractivity contribution in [2.24, 2.45) is 5.92 Å². The lowest BCUT2D eigenvalue weighted by molar-refractivity contribution is -0.139. The zero-order valence-corrected chi connectivity index (χ0v) is 27.5. The van der Waals surface area contributed by atoms with Crippen molar-refractivity contribution in [3.63, 3.8) is 0 Å². The van der Waals surface area contributed by atoms with Crippen LogP contribution in [0.5, 0.6) is 11.5 Å². The zero-order valence-electron chi connectivity index (χ0n) is 25.2. The van der Waals surface area contributed by atoms with Crippen molar-refractivity contribution in [2.75, 3.05) is 17.4 Å². The molecule has 8 nitrogen and oxygen atoms in total. The molecule has 0 saturated heterocycles. The number of nitrogens with one attached hydrogen (secondary N) is 1. The van der Waals surface area contributed by atoms with Gasteiger partial charge < -0.3 is 15.0 Å². The van der Waals surface area contributed by atoms with Gasteiger partial charge in [-0.15, -0.1) is 0 Å². The summed E-state index contributed by atoms with van der Waals surface area (Å²) in [5, 5.41) is 3.60. The summed E-state index contributed by atoms with van der Waals surface area (Å²) in [5.74, 6) is 0.328. The van der Waals surface area contributed by atoms with Crippen LogP contribution in [0, 0.1) is 5.92 Å². The first-order chi connectivity index (χ1) is 21.5. The molecule has 0 aromatic heterocycles. The molecule has 0 fully saturated rings. The highest BCUT2D eigenvalue weighted by Gasteiger charge is 2.33. The number of amides is 2. The van der Waals surface area contributed by atoms with E-state index in [2.05, 4.69) is 5.32 Å². The van der Waals surface area contributed by atoms with Crippen molar-refractivity contribution in [2.45, 2.75) is 38.3 Å². The van der Waals surface area contributed by atoms with Crippen LogP contribution in [0.4, 0.5) is 5.69 Å². The number of rotatable bonds is 13. The van der Waals surface area contributed by atoms with E-state index in [1.54, 1.807) is 79.7 Å². The van der Waals surface area contributed by atoms with Gasteiger partial charge in [-0.2, -0.15) is 0 Å². The third-order valence-electron chi connectivity index (χ3n) is 6.92. The third kappa shape index (κ3) is 9.00. The van der Waals surface area contributed by atoms with Crippen LogP contribution in [-0.2, 0) is 26.2 Å². The minimum absolute atomic E-state index is 0.0115.